The smallest absolute Gasteiger partial charge is 0.407 e. The number of carbonyl (C=O) groups is 2. The van der Waals surface area contributed by atoms with Crippen LogP contribution in [0.15, 0.2) is 72.9 Å². The Labute approximate surface area is 189 Å². The van der Waals surface area contributed by atoms with Crippen molar-refractivity contribution in [3.8, 4) is 16.9 Å². The van der Waals surface area contributed by atoms with Gasteiger partial charge in [-0.25, -0.2) is 9.59 Å². The van der Waals surface area contributed by atoms with Gasteiger partial charge in [-0.1, -0.05) is 48.5 Å². The number of phenolic OH excluding ortho intramolecular Hbond substituents is 1. The highest BCUT2D eigenvalue weighted by molar-refractivity contribution is 5.86. The maximum Gasteiger partial charge on any atom is 0.407 e. The van der Waals surface area contributed by atoms with Crippen molar-refractivity contribution in [3.63, 3.8) is 0 Å². The molecule has 1 aliphatic rings. The minimum absolute atomic E-state index is 0.0737. The summed E-state index contributed by atoms with van der Waals surface area (Å²) in [5.74, 6) is -1.15. The van der Waals surface area contributed by atoms with Crippen molar-refractivity contribution < 1.29 is 24.5 Å². The van der Waals surface area contributed by atoms with E-state index in [1.807, 2.05) is 36.4 Å². The number of ether oxygens (including phenoxy) is 1. The first-order valence-corrected chi connectivity index (χ1v) is 10.6. The largest absolute Gasteiger partial charge is 0.508 e. The lowest BCUT2D eigenvalue weighted by atomic mass is 9.98. The number of benzene rings is 3. The molecule has 0 aliphatic heterocycles. The quantitative estimate of drug-likeness (QED) is 0.353. The Morgan fingerprint density at radius 3 is 2.33 bits per heavy atom. The number of fused-ring (bicyclic) bond motifs is 4. The molecule has 4 aromatic rings. The first kappa shape index (κ1) is 20.6. The molecule has 1 aliphatic carbocycles. The van der Waals surface area contributed by atoms with Crippen molar-refractivity contribution in [1.82, 2.24) is 10.3 Å². The highest BCUT2D eigenvalue weighted by Crippen LogP contribution is 2.44. The molecule has 0 spiro atoms. The minimum atomic E-state index is -1.16. The summed E-state index contributed by atoms with van der Waals surface area (Å²) in [4.78, 5) is 27.4. The second-order valence-electron chi connectivity index (χ2n) is 8.11. The van der Waals surface area contributed by atoms with E-state index in [9.17, 15) is 19.8 Å². The van der Waals surface area contributed by atoms with Crippen molar-refractivity contribution in [2.75, 3.05) is 6.61 Å². The standard InChI is InChI=1S/C26H22N2O5/c29-16-9-10-17-15(13-27-23(17)12-16)11-24(25(30)31)28-26(32)33-14-22-20-7-3-1-5-18(20)19-6-2-4-8-21(19)22/h1-10,12-13,22,24,27,29H,11,14H2,(H,28,32)(H,30,31). The van der Waals surface area contributed by atoms with Gasteiger partial charge in [0.15, 0.2) is 0 Å². The highest BCUT2D eigenvalue weighted by Gasteiger charge is 2.30. The number of carboxylic acids is 1. The summed E-state index contributed by atoms with van der Waals surface area (Å²) in [6, 6.07) is 19.7. The van der Waals surface area contributed by atoms with Gasteiger partial charge in [0.25, 0.3) is 0 Å². The third-order valence-electron chi connectivity index (χ3n) is 6.11. The Bertz CT molecular complexity index is 1310. The Hall–Kier alpha value is -4.26. The number of H-pyrrole nitrogens is 1. The van der Waals surface area contributed by atoms with Crippen LogP contribution >= 0.6 is 0 Å². The van der Waals surface area contributed by atoms with Crippen LogP contribution in [-0.4, -0.2) is 39.9 Å². The molecular formula is C26H22N2O5. The van der Waals surface area contributed by atoms with Crippen molar-refractivity contribution in [2.45, 2.75) is 18.4 Å². The maximum atomic E-state index is 12.5. The molecule has 1 atom stereocenters. The Morgan fingerprint density at radius 1 is 1.00 bits per heavy atom. The van der Waals surface area contributed by atoms with Gasteiger partial charge >= 0.3 is 12.1 Å². The zero-order valence-electron chi connectivity index (χ0n) is 17.6. The monoisotopic (exact) mass is 442 g/mol. The summed E-state index contributed by atoms with van der Waals surface area (Å²) < 4.78 is 5.49. The Morgan fingerprint density at radius 2 is 1.67 bits per heavy atom. The Kier molecular flexibility index (Phi) is 5.22. The number of hydrogen-bond acceptors (Lipinski definition) is 4. The van der Waals surface area contributed by atoms with Crippen molar-refractivity contribution >= 4 is 23.0 Å². The fourth-order valence-corrected chi connectivity index (χ4v) is 4.55. The van der Waals surface area contributed by atoms with Crippen LogP contribution in [0.25, 0.3) is 22.0 Å². The molecule has 3 aromatic carbocycles. The number of aliphatic carboxylic acids is 1. The molecule has 0 saturated carbocycles. The summed E-state index contributed by atoms with van der Waals surface area (Å²) >= 11 is 0. The molecule has 0 fully saturated rings. The van der Waals surface area contributed by atoms with Gasteiger partial charge in [0.2, 0.25) is 0 Å². The summed E-state index contributed by atoms with van der Waals surface area (Å²) in [7, 11) is 0. The van der Waals surface area contributed by atoms with Crippen LogP contribution in [0.3, 0.4) is 0 Å². The van der Waals surface area contributed by atoms with Gasteiger partial charge in [0, 0.05) is 35.5 Å². The van der Waals surface area contributed by atoms with Crippen LogP contribution in [0.4, 0.5) is 4.79 Å². The van der Waals surface area contributed by atoms with E-state index in [0.717, 1.165) is 33.2 Å². The molecule has 1 amide bonds. The van der Waals surface area contributed by atoms with E-state index in [4.69, 9.17) is 4.74 Å². The maximum absolute atomic E-state index is 12.5. The van der Waals surface area contributed by atoms with Crippen molar-refractivity contribution in [1.29, 1.82) is 0 Å². The van der Waals surface area contributed by atoms with E-state index in [1.54, 1.807) is 18.3 Å². The molecule has 4 N–H and O–H groups in total. The average molecular weight is 442 g/mol. The molecule has 7 nitrogen and oxygen atoms in total. The van der Waals surface area contributed by atoms with Crippen LogP contribution < -0.4 is 5.32 Å². The number of phenols is 1. The molecule has 1 heterocycles. The number of amides is 1. The summed E-state index contributed by atoms with van der Waals surface area (Å²) in [5.41, 5.74) is 5.82. The summed E-state index contributed by atoms with van der Waals surface area (Å²) in [5, 5.41) is 22.5. The third-order valence-corrected chi connectivity index (χ3v) is 6.11. The molecule has 5 rings (SSSR count). The number of aromatic amines is 1. The first-order chi connectivity index (χ1) is 16.0. The van der Waals surface area contributed by atoms with E-state index in [2.05, 4.69) is 22.4 Å². The zero-order valence-corrected chi connectivity index (χ0v) is 17.6. The molecule has 33 heavy (non-hydrogen) atoms. The van der Waals surface area contributed by atoms with E-state index in [1.165, 1.54) is 6.07 Å². The fourth-order valence-electron chi connectivity index (χ4n) is 4.55. The average Bonchev–Trinajstić information content (AvgIpc) is 3.35. The highest BCUT2D eigenvalue weighted by atomic mass is 16.5. The zero-order chi connectivity index (χ0) is 22.9. The van der Waals surface area contributed by atoms with Crippen LogP contribution in [0.1, 0.15) is 22.6 Å². The lowest BCUT2D eigenvalue weighted by Crippen LogP contribution is -2.42. The van der Waals surface area contributed by atoms with Gasteiger partial charge in [-0.15, -0.1) is 0 Å². The minimum Gasteiger partial charge on any atom is -0.508 e. The van der Waals surface area contributed by atoms with Gasteiger partial charge in [-0.05, 0) is 39.9 Å². The van der Waals surface area contributed by atoms with Gasteiger partial charge in [-0.2, -0.15) is 0 Å². The molecule has 0 bridgehead atoms. The van der Waals surface area contributed by atoms with Crippen molar-refractivity contribution in [3.05, 3.63) is 89.6 Å². The van der Waals surface area contributed by atoms with Gasteiger partial charge in [0.1, 0.15) is 18.4 Å². The number of aromatic hydroxyl groups is 1. The molecule has 1 unspecified atom stereocenters. The molecule has 0 saturated heterocycles. The predicted octanol–water partition coefficient (Wildman–Crippen LogP) is 4.41. The van der Waals surface area contributed by atoms with Crippen molar-refractivity contribution in [2.24, 2.45) is 0 Å². The van der Waals surface area contributed by atoms with Crippen LogP contribution in [0.5, 0.6) is 5.75 Å². The number of carbonyl (C=O) groups excluding carboxylic acids is 1. The number of nitrogens with one attached hydrogen (secondary N) is 2. The van der Waals surface area contributed by atoms with Crippen LogP contribution in [0, 0.1) is 0 Å². The van der Waals surface area contributed by atoms with Gasteiger partial charge in [-0.3, -0.25) is 0 Å². The van der Waals surface area contributed by atoms with E-state index >= 15 is 0 Å². The second-order valence-corrected chi connectivity index (χ2v) is 8.11. The molecule has 7 heteroatoms. The lowest BCUT2D eigenvalue weighted by Gasteiger charge is -2.17. The molecule has 166 valence electrons. The number of rotatable bonds is 6. The van der Waals surface area contributed by atoms with E-state index < -0.39 is 18.1 Å². The third kappa shape index (κ3) is 3.89. The Balaban J connectivity index is 1.28. The predicted molar refractivity (Wildman–Crippen MR) is 123 cm³/mol. The summed E-state index contributed by atoms with van der Waals surface area (Å²) in [6.45, 7) is 0.110. The SMILES string of the molecule is O=C(NC(Cc1c[nH]c2cc(O)ccc12)C(=O)O)OCC1c2ccccc2-c2ccccc21. The number of carboxylic acid groups (broad SMARTS) is 1. The topological polar surface area (TPSA) is 112 Å². The van der Waals surface area contributed by atoms with Crippen LogP contribution in [-0.2, 0) is 16.0 Å². The summed E-state index contributed by atoms with van der Waals surface area (Å²) in [6.07, 6.45) is 0.978. The van der Waals surface area contributed by atoms with E-state index in [-0.39, 0.29) is 24.7 Å². The normalized spacial score (nSPS) is 13.3. The van der Waals surface area contributed by atoms with Crippen LogP contribution in [0.2, 0.25) is 0 Å². The van der Waals surface area contributed by atoms with Gasteiger partial charge in [0.05, 0.1) is 0 Å². The fraction of sp³-hybridized carbons (Fsp3) is 0.154. The van der Waals surface area contributed by atoms with Gasteiger partial charge < -0.3 is 25.3 Å². The second kappa shape index (κ2) is 8.35. The lowest BCUT2D eigenvalue weighted by molar-refractivity contribution is -0.139. The molecule has 0 radical (unpaired) electrons. The number of aromatic nitrogens is 1. The number of hydrogen-bond donors (Lipinski definition) is 4. The van der Waals surface area contributed by atoms with E-state index in [0.29, 0.717) is 5.52 Å². The number of alkyl carbamates (subject to hydrolysis) is 1. The molecular weight excluding hydrogens is 420 g/mol. The molecule has 1 aromatic heterocycles. The first-order valence-electron chi connectivity index (χ1n) is 10.6.